The fourth-order valence-electron chi connectivity index (χ4n) is 2.90. The van der Waals surface area contributed by atoms with Crippen LogP contribution in [0.5, 0.6) is 5.75 Å². The molecule has 0 bridgehead atoms. The highest BCUT2D eigenvalue weighted by Crippen LogP contribution is 2.41. The van der Waals surface area contributed by atoms with E-state index in [1.807, 2.05) is 30.3 Å². The van der Waals surface area contributed by atoms with Crippen molar-refractivity contribution in [2.45, 2.75) is 19.3 Å². The third-order valence-corrected chi connectivity index (χ3v) is 3.85. The van der Waals surface area contributed by atoms with Gasteiger partial charge in [-0.1, -0.05) is 24.3 Å². The van der Waals surface area contributed by atoms with Crippen molar-refractivity contribution in [1.82, 2.24) is 4.98 Å². The SMILES string of the molecule is COc1ccccc1C1=C(c2cccc(C=O)n2)CCC1. The van der Waals surface area contributed by atoms with Crippen LogP contribution in [-0.4, -0.2) is 18.4 Å². The number of para-hydroxylation sites is 1. The van der Waals surface area contributed by atoms with Crippen LogP contribution in [0, 0.1) is 0 Å². The molecular formula is C18H17NO2. The van der Waals surface area contributed by atoms with Gasteiger partial charge in [-0.15, -0.1) is 0 Å². The fourth-order valence-corrected chi connectivity index (χ4v) is 2.90. The molecule has 0 unspecified atom stereocenters. The highest BCUT2D eigenvalue weighted by Gasteiger charge is 2.20. The molecule has 3 rings (SSSR count). The molecule has 1 aliphatic rings. The summed E-state index contributed by atoms with van der Waals surface area (Å²) in [4.78, 5) is 15.4. The first-order chi connectivity index (χ1) is 10.3. The number of aldehydes is 1. The van der Waals surface area contributed by atoms with Crippen molar-refractivity contribution < 1.29 is 9.53 Å². The lowest BCUT2D eigenvalue weighted by molar-refractivity contribution is 0.111. The zero-order chi connectivity index (χ0) is 14.7. The molecule has 0 atom stereocenters. The largest absolute Gasteiger partial charge is 0.496 e. The van der Waals surface area contributed by atoms with Gasteiger partial charge in [0.2, 0.25) is 0 Å². The molecule has 0 N–H and O–H groups in total. The predicted molar refractivity (Wildman–Crippen MR) is 83.3 cm³/mol. The van der Waals surface area contributed by atoms with Crippen LogP contribution in [0.2, 0.25) is 0 Å². The predicted octanol–water partition coefficient (Wildman–Crippen LogP) is 4.00. The highest BCUT2D eigenvalue weighted by atomic mass is 16.5. The summed E-state index contributed by atoms with van der Waals surface area (Å²) in [7, 11) is 1.69. The Morgan fingerprint density at radius 3 is 2.67 bits per heavy atom. The van der Waals surface area contributed by atoms with Crippen molar-refractivity contribution >= 4 is 17.4 Å². The topological polar surface area (TPSA) is 39.2 Å². The molecule has 0 spiro atoms. The van der Waals surface area contributed by atoms with Crippen LogP contribution in [0.15, 0.2) is 42.5 Å². The average Bonchev–Trinajstić information content (AvgIpc) is 3.04. The molecule has 1 aromatic carbocycles. The van der Waals surface area contributed by atoms with Gasteiger partial charge in [0.1, 0.15) is 11.4 Å². The van der Waals surface area contributed by atoms with Gasteiger partial charge in [-0.05, 0) is 48.6 Å². The summed E-state index contributed by atoms with van der Waals surface area (Å²) in [6.07, 6.45) is 3.91. The van der Waals surface area contributed by atoms with Gasteiger partial charge < -0.3 is 4.74 Å². The smallest absolute Gasteiger partial charge is 0.168 e. The molecule has 106 valence electrons. The molecule has 3 heteroatoms. The van der Waals surface area contributed by atoms with Gasteiger partial charge in [0.05, 0.1) is 12.8 Å². The minimum Gasteiger partial charge on any atom is -0.496 e. The fraction of sp³-hybridized carbons (Fsp3) is 0.222. The summed E-state index contributed by atoms with van der Waals surface area (Å²) >= 11 is 0. The summed E-state index contributed by atoms with van der Waals surface area (Å²) in [6, 6.07) is 13.7. The summed E-state index contributed by atoms with van der Waals surface area (Å²) in [5, 5.41) is 0. The molecule has 2 aromatic rings. The lowest BCUT2D eigenvalue weighted by atomic mass is 9.99. The Morgan fingerprint density at radius 1 is 1.05 bits per heavy atom. The van der Waals surface area contributed by atoms with E-state index in [2.05, 4.69) is 11.1 Å². The van der Waals surface area contributed by atoms with E-state index in [-0.39, 0.29) is 0 Å². The maximum atomic E-state index is 10.9. The van der Waals surface area contributed by atoms with E-state index in [1.54, 1.807) is 13.2 Å². The van der Waals surface area contributed by atoms with Gasteiger partial charge in [0.25, 0.3) is 0 Å². The quantitative estimate of drug-likeness (QED) is 0.794. The van der Waals surface area contributed by atoms with Crippen molar-refractivity contribution in [3.8, 4) is 5.75 Å². The summed E-state index contributed by atoms with van der Waals surface area (Å²) < 4.78 is 5.48. The van der Waals surface area contributed by atoms with Crippen LogP contribution in [0.25, 0.3) is 11.1 Å². The second-order valence-corrected chi connectivity index (χ2v) is 5.08. The van der Waals surface area contributed by atoms with Gasteiger partial charge >= 0.3 is 0 Å². The highest BCUT2D eigenvalue weighted by molar-refractivity contribution is 5.93. The second-order valence-electron chi connectivity index (χ2n) is 5.08. The minimum absolute atomic E-state index is 0.478. The standard InChI is InChI=1S/C18H17NO2/c1-21-18-11-3-2-7-16(18)14-8-5-9-15(14)17-10-4-6-13(12-20)19-17/h2-4,6-7,10-12H,5,8-9H2,1H3. The molecule has 0 aliphatic heterocycles. The van der Waals surface area contributed by atoms with Gasteiger partial charge in [-0.3, -0.25) is 4.79 Å². The number of hydrogen-bond acceptors (Lipinski definition) is 3. The van der Waals surface area contributed by atoms with Crippen LogP contribution in [0.3, 0.4) is 0 Å². The Kier molecular flexibility index (Phi) is 3.82. The number of carbonyl (C=O) groups is 1. The zero-order valence-corrected chi connectivity index (χ0v) is 12.0. The number of hydrogen-bond donors (Lipinski definition) is 0. The number of allylic oxidation sites excluding steroid dienone is 2. The number of rotatable bonds is 4. The van der Waals surface area contributed by atoms with Crippen molar-refractivity contribution in [2.75, 3.05) is 7.11 Å². The second kappa shape index (κ2) is 5.92. The third kappa shape index (κ3) is 2.59. The molecule has 1 aliphatic carbocycles. The Labute approximate surface area is 124 Å². The number of methoxy groups -OCH3 is 1. The molecule has 1 heterocycles. The van der Waals surface area contributed by atoms with Crippen LogP contribution in [0.1, 0.15) is 41.0 Å². The molecule has 0 radical (unpaired) electrons. The maximum Gasteiger partial charge on any atom is 0.168 e. The molecular weight excluding hydrogens is 262 g/mol. The molecule has 1 aromatic heterocycles. The van der Waals surface area contributed by atoms with E-state index in [1.165, 1.54) is 11.1 Å². The zero-order valence-electron chi connectivity index (χ0n) is 12.0. The normalized spacial score (nSPS) is 14.3. The molecule has 21 heavy (non-hydrogen) atoms. The third-order valence-electron chi connectivity index (χ3n) is 3.85. The van der Waals surface area contributed by atoms with E-state index in [0.717, 1.165) is 42.6 Å². The lowest BCUT2D eigenvalue weighted by Gasteiger charge is -2.12. The van der Waals surface area contributed by atoms with E-state index in [9.17, 15) is 4.79 Å². The van der Waals surface area contributed by atoms with E-state index < -0.39 is 0 Å². The number of benzene rings is 1. The van der Waals surface area contributed by atoms with Crippen molar-refractivity contribution in [3.05, 3.63) is 59.4 Å². The Hall–Kier alpha value is -2.42. The number of nitrogens with zero attached hydrogens (tertiary/aromatic N) is 1. The summed E-state index contributed by atoms with van der Waals surface area (Å²) in [5.74, 6) is 0.887. The van der Waals surface area contributed by atoms with E-state index in [4.69, 9.17) is 4.74 Å². The molecule has 0 fully saturated rings. The van der Waals surface area contributed by atoms with Gasteiger partial charge in [-0.25, -0.2) is 4.98 Å². The van der Waals surface area contributed by atoms with Crippen LogP contribution in [0.4, 0.5) is 0 Å². The van der Waals surface area contributed by atoms with E-state index >= 15 is 0 Å². The Morgan fingerprint density at radius 2 is 1.86 bits per heavy atom. The number of pyridine rings is 1. The molecule has 3 nitrogen and oxygen atoms in total. The summed E-state index contributed by atoms with van der Waals surface area (Å²) in [5.41, 5.74) is 5.02. The number of carbonyl (C=O) groups excluding carboxylic acids is 1. The van der Waals surface area contributed by atoms with Gasteiger partial charge in [0, 0.05) is 5.56 Å². The maximum absolute atomic E-state index is 10.9. The summed E-state index contributed by atoms with van der Waals surface area (Å²) in [6.45, 7) is 0. The van der Waals surface area contributed by atoms with Crippen LogP contribution < -0.4 is 4.74 Å². The monoisotopic (exact) mass is 279 g/mol. The number of aromatic nitrogens is 1. The van der Waals surface area contributed by atoms with Crippen molar-refractivity contribution in [3.63, 3.8) is 0 Å². The van der Waals surface area contributed by atoms with Crippen molar-refractivity contribution in [2.24, 2.45) is 0 Å². The first-order valence-corrected chi connectivity index (χ1v) is 7.11. The van der Waals surface area contributed by atoms with Crippen LogP contribution >= 0.6 is 0 Å². The average molecular weight is 279 g/mol. The Balaban J connectivity index is 2.12. The van der Waals surface area contributed by atoms with Crippen molar-refractivity contribution in [1.29, 1.82) is 0 Å². The van der Waals surface area contributed by atoms with Gasteiger partial charge in [-0.2, -0.15) is 0 Å². The van der Waals surface area contributed by atoms with Crippen LogP contribution in [-0.2, 0) is 0 Å². The first kappa shape index (κ1) is 13.6. The lowest BCUT2D eigenvalue weighted by Crippen LogP contribution is -1.95. The first-order valence-electron chi connectivity index (χ1n) is 7.11. The molecule has 0 amide bonds. The molecule has 0 saturated carbocycles. The number of ether oxygens (including phenoxy) is 1. The van der Waals surface area contributed by atoms with E-state index in [0.29, 0.717) is 5.69 Å². The molecule has 0 saturated heterocycles. The minimum atomic E-state index is 0.478. The van der Waals surface area contributed by atoms with Gasteiger partial charge in [0.15, 0.2) is 6.29 Å². The Bertz CT molecular complexity index is 704.